The Morgan fingerprint density at radius 2 is 1.83 bits per heavy atom. The second-order valence-corrected chi connectivity index (χ2v) is 7.21. The zero-order valence-corrected chi connectivity index (χ0v) is 17.3. The molecule has 0 aliphatic carbocycles. The van der Waals surface area contributed by atoms with Gasteiger partial charge in [-0.2, -0.15) is 0 Å². The molecule has 0 saturated carbocycles. The monoisotopic (exact) mass is 435 g/mol. The number of hydrogen-bond donors (Lipinski definition) is 1. The van der Waals surface area contributed by atoms with E-state index < -0.39 is 23.5 Å². The van der Waals surface area contributed by atoms with Gasteiger partial charge >= 0.3 is 0 Å². The lowest BCUT2D eigenvalue weighted by molar-refractivity contribution is -0.140. The van der Waals surface area contributed by atoms with Crippen LogP contribution in [0.5, 0.6) is 5.75 Å². The molecule has 0 spiro atoms. The van der Waals surface area contributed by atoms with E-state index in [1.54, 1.807) is 24.3 Å². The summed E-state index contributed by atoms with van der Waals surface area (Å²) in [7, 11) is 2.89. The van der Waals surface area contributed by atoms with Crippen LogP contribution in [0, 0.1) is 0 Å². The van der Waals surface area contributed by atoms with Crippen LogP contribution in [0.1, 0.15) is 17.2 Å². The molecule has 152 valence electrons. The molecule has 1 saturated heterocycles. The number of likely N-dealkylation sites (tertiary alicyclic amines) is 1. The summed E-state index contributed by atoms with van der Waals surface area (Å²) >= 11 is 12.3. The zero-order chi connectivity index (χ0) is 21.1. The van der Waals surface area contributed by atoms with E-state index in [4.69, 9.17) is 32.7 Å². The average Bonchev–Trinajstić information content (AvgIpc) is 2.96. The van der Waals surface area contributed by atoms with Crippen LogP contribution in [0.25, 0.3) is 5.76 Å². The largest absolute Gasteiger partial charge is 0.507 e. The minimum atomic E-state index is -0.800. The molecule has 1 amide bonds. The number of ether oxygens (including phenoxy) is 2. The van der Waals surface area contributed by atoms with Gasteiger partial charge in [0.1, 0.15) is 11.5 Å². The Balaban J connectivity index is 2.24. The molecule has 1 unspecified atom stereocenters. The number of ketones is 1. The van der Waals surface area contributed by atoms with E-state index in [1.165, 1.54) is 31.3 Å². The standard InChI is InChI=1S/C21H19Cl2NO5/c1-28-9-8-24-17(12-6-4-3-5-7-12)16(19(26)21(24)27)18(25)14-10-13(22)11-15(23)20(14)29-2/h3-7,10-11,17,25H,8-9H2,1-2H3/b18-16+. The molecule has 2 aromatic carbocycles. The Morgan fingerprint density at radius 3 is 2.45 bits per heavy atom. The van der Waals surface area contributed by atoms with Gasteiger partial charge in [-0.1, -0.05) is 53.5 Å². The fraction of sp³-hybridized carbons (Fsp3) is 0.238. The van der Waals surface area contributed by atoms with Crippen molar-refractivity contribution >= 4 is 40.7 Å². The Kier molecular flexibility index (Phi) is 6.47. The van der Waals surface area contributed by atoms with Crippen molar-refractivity contribution in [3.8, 4) is 5.75 Å². The quantitative estimate of drug-likeness (QED) is 0.420. The molecule has 1 N–H and O–H groups in total. The van der Waals surface area contributed by atoms with Crippen LogP contribution >= 0.6 is 23.2 Å². The van der Waals surface area contributed by atoms with Crippen molar-refractivity contribution in [3.05, 3.63) is 69.2 Å². The molecule has 0 radical (unpaired) electrons. The van der Waals surface area contributed by atoms with Crippen LogP contribution in [-0.4, -0.2) is 49.1 Å². The molecule has 6 nitrogen and oxygen atoms in total. The summed E-state index contributed by atoms with van der Waals surface area (Å²) in [6.45, 7) is 0.424. The fourth-order valence-corrected chi connectivity index (χ4v) is 3.94. The van der Waals surface area contributed by atoms with Gasteiger partial charge in [0.15, 0.2) is 0 Å². The molecular weight excluding hydrogens is 417 g/mol. The van der Waals surface area contributed by atoms with Crippen LogP contribution in [-0.2, 0) is 14.3 Å². The first kappa shape index (κ1) is 21.2. The predicted octanol–water partition coefficient (Wildman–Crippen LogP) is 4.07. The lowest BCUT2D eigenvalue weighted by atomic mass is 9.95. The summed E-state index contributed by atoms with van der Waals surface area (Å²) in [4.78, 5) is 27.0. The van der Waals surface area contributed by atoms with Gasteiger partial charge in [0, 0.05) is 18.7 Å². The van der Waals surface area contributed by atoms with E-state index in [1.807, 2.05) is 6.07 Å². The van der Waals surface area contributed by atoms with Gasteiger partial charge in [-0.3, -0.25) is 9.59 Å². The fourth-order valence-electron chi connectivity index (χ4n) is 3.37. The number of aliphatic hydroxyl groups excluding tert-OH is 1. The average molecular weight is 436 g/mol. The third-order valence-electron chi connectivity index (χ3n) is 4.66. The predicted molar refractivity (Wildman–Crippen MR) is 110 cm³/mol. The summed E-state index contributed by atoms with van der Waals surface area (Å²) in [5.74, 6) is -1.77. The molecule has 1 aliphatic rings. The Bertz CT molecular complexity index is 975. The Labute approximate surface area is 178 Å². The summed E-state index contributed by atoms with van der Waals surface area (Å²) in [6, 6.07) is 11.1. The lowest BCUT2D eigenvalue weighted by Crippen LogP contribution is -2.32. The highest BCUT2D eigenvalue weighted by molar-refractivity contribution is 6.46. The maximum Gasteiger partial charge on any atom is 0.295 e. The number of Topliss-reactive ketones (excluding diaryl/α,β-unsaturated/α-hetero) is 1. The van der Waals surface area contributed by atoms with Crippen molar-refractivity contribution in [1.82, 2.24) is 4.90 Å². The lowest BCUT2D eigenvalue weighted by Gasteiger charge is -2.25. The summed E-state index contributed by atoms with van der Waals surface area (Å²) in [5.41, 5.74) is 0.751. The molecular formula is C21H19Cl2NO5. The topological polar surface area (TPSA) is 76.1 Å². The van der Waals surface area contributed by atoms with Crippen molar-refractivity contribution in [1.29, 1.82) is 0 Å². The smallest absolute Gasteiger partial charge is 0.295 e. The number of halogens is 2. The molecule has 3 rings (SSSR count). The van der Waals surface area contributed by atoms with Crippen LogP contribution < -0.4 is 4.74 Å². The molecule has 0 bridgehead atoms. The highest BCUT2D eigenvalue weighted by atomic mass is 35.5. The summed E-state index contributed by atoms with van der Waals surface area (Å²) < 4.78 is 10.4. The van der Waals surface area contributed by atoms with E-state index in [0.29, 0.717) is 5.56 Å². The number of rotatable bonds is 6. The van der Waals surface area contributed by atoms with E-state index in [-0.39, 0.29) is 40.1 Å². The molecule has 2 aromatic rings. The molecule has 0 aromatic heterocycles. The van der Waals surface area contributed by atoms with Gasteiger partial charge in [0.2, 0.25) is 0 Å². The van der Waals surface area contributed by atoms with Crippen LogP contribution in [0.2, 0.25) is 10.0 Å². The third-order valence-corrected chi connectivity index (χ3v) is 5.16. The van der Waals surface area contributed by atoms with Crippen LogP contribution in [0.4, 0.5) is 0 Å². The minimum Gasteiger partial charge on any atom is -0.507 e. The first-order chi connectivity index (χ1) is 13.9. The van der Waals surface area contributed by atoms with Crippen molar-refractivity contribution in [3.63, 3.8) is 0 Å². The summed E-state index contributed by atoms with van der Waals surface area (Å²) in [6.07, 6.45) is 0. The number of methoxy groups -OCH3 is 2. The molecule has 1 heterocycles. The van der Waals surface area contributed by atoms with Gasteiger partial charge in [-0.15, -0.1) is 0 Å². The number of benzene rings is 2. The number of aliphatic hydroxyl groups is 1. The normalized spacial score (nSPS) is 18.3. The van der Waals surface area contributed by atoms with Crippen molar-refractivity contribution in [2.24, 2.45) is 0 Å². The van der Waals surface area contributed by atoms with Crippen molar-refractivity contribution in [2.75, 3.05) is 27.4 Å². The maximum absolute atomic E-state index is 12.9. The first-order valence-corrected chi connectivity index (χ1v) is 9.52. The van der Waals surface area contributed by atoms with Crippen molar-refractivity contribution in [2.45, 2.75) is 6.04 Å². The SMILES string of the molecule is COCCN1C(=O)C(=O)/C(=C(/O)c2cc(Cl)cc(Cl)c2OC)C1c1ccccc1. The molecule has 1 fully saturated rings. The van der Waals surface area contributed by atoms with Gasteiger partial charge in [-0.25, -0.2) is 0 Å². The zero-order valence-electron chi connectivity index (χ0n) is 15.8. The number of carbonyl (C=O) groups excluding carboxylic acids is 2. The third kappa shape index (κ3) is 3.96. The minimum absolute atomic E-state index is 0.0612. The van der Waals surface area contributed by atoms with Gasteiger partial charge in [-0.05, 0) is 17.7 Å². The Morgan fingerprint density at radius 1 is 1.14 bits per heavy atom. The molecule has 1 atom stereocenters. The van der Waals surface area contributed by atoms with Gasteiger partial charge in [0.25, 0.3) is 11.7 Å². The highest BCUT2D eigenvalue weighted by Gasteiger charge is 2.46. The first-order valence-electron chi connectivity index (χ1n) is 8.76. The van der Waals surface area contributed by atoms with Crippen LogP contribution in [0.15, 0.2) is 48.0 Å². The summed E-state index contributed by atoms with van der Waals surface area (Å²) in [5, 5.41) is 11.5. The molecule has 1 aliphatic heterocycles. The second kappa shape index (κ2) is 8.86. The van der Waals surface area contributed by atoms with Crippen LogP contribution in [0.3, 0.4) is 0 Å². The number of amides is 1. The number of carbonyl (C=O) groups is 2. The molecule has 29 heavy (non-hydrogen) atoms. The second-order valence-electron chi connectivity index (χ2n) is 6.36. The number of hydrogen-bond acceptors (Lipinski definition) is 5. The highest BCUT2D eigenvalue weighted by Crippen LogP contribution is 2.43. The van der Waals surface area contributed by atoms with Gasteiger partial charge in [0.05, 0.1) is 35.9 Å². The Hall–Kier alpha value is -2.54. The number of nitrogens with zero attached hydrogens (tertiary/aromatic N) is 1. The van der Waals surface area contributed by atoms with E-state index >= 15 is 0 Å². The van der Waals surface area contributed by atoms with E-state index in [2.05, 4.69) is 0 Å². The van der Waals surface area contributed by atoms with Gasteiger partial charge < -0.3 is 19.5 Å². The van der Waals surface area contributed by atoms with E-state index in [0.717, 1.165) is 0 Å². The van der Waals surface area contributed by atoms with E-state index in [9.17, 15) is 14.7 Å². The maximum atomic E-state index is 12.9. The van der Waals surface area contributed by atoms with Crippen molar-refractivity contribution < 1.29 is 24.2 Å². The molecule has 8 heteroatoms.